The number of rotatable bonds is 6. The van der Waals surface area contributed by atoms with Crippen LogP contribution in [0.1, 0.15) is 127 Å². The number of hydrogen-bond acceptors (Lipinski definition) is 3. The molecule has 0 unspecified atom stereocenters. The molecule has 0 saturated heterocycles. The van der Waals surface area contributed by atoms with E-state index in [9.17, 15) is 0 Å². The molecule has 0 spiro atoms. The van der Waals surface area contributed by atoms with Crippen LogP contribution in [0.4, 0.5) is 28.4 Å². The molecule has 1 aromatic heterocycles. The molecule has 3 nitrogen and oxygen atoms in total. The van der Waals surface area contributed by atoms with Crippen LogP contribution < -0.4 is 20.6 Å². The van der Waals surface area contributed by atoms with Crippen LogP contribution in [-0.4, -0.2) is 6.85 Å². The van der Waals surface area contributed by atoms with E-state index in [2.05, 4.69) is 226 Å². The Labute approximate surface area is 422 Å². The molecule has 0 radical (unpaired) electrons. The molecule has 71 heavy (non-hydrogen) atoms. The summed E-state index contributed by atoms with van der Waals surface area (Å²) in [6.07, 6.45) is 12.8. The Morgan fingerprint density at radius 1 is 0.563 bits per heavy atom. The van der Waals surface area contributed by atoms with E-state index >= 15 is 0 Å². The fourth-order valence-corrected chi connectivity index (χ4v) is 13.1. The molecule has 4 aliphatic rings. The van der Waals surface area contributed by atoms with Crippen LogP contribution in [0.3, 0.4) is 0 Å². The summed E-state index contributed by atoms with van der Waals surface area (Å²) in [5.41, 5.74) is 26.3. The Morgan fingerprint density at radius 2 is 1.17 bits per heavy atom. The van der Waals surface area contributed by atoms with Gasteiger partial charge in [0.1, 0.15) is 5.58 Å². The summed E-state index contributed by atoms with van der Waals surface area (Å²) < 4.78 is 7.34. The van der Waals surface area contributed by atoms with E-state index in [4.69, 9.17) is 4.42 Å². The monoisotopic (exact) mass is 927 g/mol. The van der Waals surface area contributed by atoms with Crippen molar-refractivity contribution in [2.24, 2.45) is 0 Å². The lowest BCUT2D eigenvalue weighted by molar-refractivity contribution is 0.332. The van der Waals surface area contributed by atoms with E-state index in [0.717, 1.165) is 46.9 Å². The van der Waals surface area contributed by atoms with E-state index in [-0.39, 0.29) is 28.5 Å². The van der Waals surface area contributed by atoms with Crippen LogP contribution in [0.5, 0.6) is 0 Å². The number of furan rings is 1. The van der Waals surface area contributed by atoms with Gasteiger partial charge in [0.15, 0.2) is 5.58 Å². The highest BCUT2D eigenvalue weighted by Gasteiger charge is 2.49. The molecule has 0 saturated carbocycles. The minimum Gasteiger partial charge on any atom is -0.454 e. The number of aryl methyl sites for hydroxylation is 2. The van der Waals surface area contributed by atoms with E-state index in [1.807, 2.05) is 12.2 Å². The van der Waals surface area contributed by atoms with Crippen molar-refractivity contribution in [2.45, 2.75) is 124 Å². The van der Waals surface area contributed by atoms with E-state index in [1.54, 1.807) is 0 Å². The third kappa shape index (κ3) is 6.91. The van der Waals surface area contributed by atoms with Crippen molar-refractivity contribution in [3.05, 3.63) is 191 Å². The Kier molecular flexibility index (Phi) is 10.1. The number of nitrogens with zero attached hydrogens (tertiary/aromatic N) is 2. The number of para-hydroxylation sites is 1. The van der Waals surface area contributed by atoms with Gasteiger partial charge in [0.2, 0.25) is 0 Å². The van der Waals surface area contributed by atoms with Gasteiger partial charge in [-0.25, -0.2) is 0 Å². The molecule has 0 fully saturated rings. The summed E-state index contributed by atoms with van der Waals surface area (Å²) in [6, 6.07) is 46.8. The fraction of sp³-hybridized carbons (Fsp3) is 0.284. The van der Waals surface area contributed by atoms with Crippen molar-refractivity contribution in [1.82, 2.24) is 0 Å². The summed E-state index contributed by atoms with van der Waals surface area (Å²) >= 11 is 0. The van der Waals surface area contributed by atoms with Crippen molar-refractivity contribution < 1.29 is 4.42 Å². The molecule has 0 bridgehead atoms. The molecular formula is C67H67BN2O. The van der Waals surface area contributed by atoms with Crippen LogP contribution in [0.15, 0.2) is 157 Å². The molecule has 0 atom stereocenters. The highest BCUT2D eigenvalue weighted by molar-refractivity contribution is 6.94. The lowest BCUT2D eigenvalue weighted by atomic mass is 9.43. The Balaban J connectivity index is 1.25. The Bertz CT molecular complexity index is 3610. The lowest BCUT2D eigenvalue weighted by Gasteiger charge is -2.48. The highest BCUT2D eigenvalue weighted by atomic mass is 16.3. The first-order valence-corrected chi connectivity index (χ1v) is 26.1. The van der Waals surface area contributed by atoms with Crippen LogP contribution in [-0.2, 0) is 21.7 Å². The minimum absolute atomic E-state index is 0.00775. The molecule has 2 aliphatic carbocycles. The van der Waals surface area contributed by atoms with Crippen LogP contribution in [0, 0.1) is 13.8 Å². The van der Waals surface area contributed by atoms with Gasteiger partial charge in [-0.05, 0) is 183 Å². The molecule has 3 heterocycles. The zero-order chi connectivity index (χ0) is 49.5. The van der Waals surface area contributed by atoms with Gasteiger partial charge < -0.3 is 14.1 Å². The maximum atomic E-state index is 7.34. The molecule has 12 rings (SSSR count). The van der Waals surface area contributed by atoms with Crippen LogP contribution in [0.25, 0.3) is 49.8 Å². The second-order valence-corrected chi connectivity index (χ2v) is 24.0. The SMILES string of the molecule is C=C/C=C\C=C(/C)c1ccc2c(c1)N(c1cc3c(cc1C)C(C)(C)CCC3(C)C)c1c3c(cc4c1oc1ccccc14)-c1cc(-c4ccccc4)ccc1N(c1cc4c(cc1C)C(C)(C)CCC4(C)C)B23. The maximum Gasteiger partial charge on any atom is 0.333 e. The van der Waals surface area contributed by atoms with E-state index < -0.39 is 0 Å². The smallest absolute Gasteiger partial charge is 0.333 e. The quantitative estimate of drug-likeness (QED) is 0.122. The third-order valence-electron chi connectivity index (χ3n) is 17.5. The summed E-state index contributed by atoms with van der Waals surface area (Å²) in [5, 5.41) is 2.27. The van der Waals surface area contributed by atoms with Gasteiger partial charge in [-0.1, -0.05) is 165 Å². The van der Waals surface area contributed by atoms with Crippen molar-refractivity contribution in [1.29, 1.82) is 0 Å². The van der Waals surface area contributed by atoms with Gasteiger partial charge in [-0.15, -0.1) is 0 Å². The zero-order valence-electron chi connectivity index (χ0n) is 43.8. The van der Waals surface area contributed by atoms with Crippen molar-refractivity contribution in [3.63, 3.8) is 0 Å². The first-order valence-electron chi connectivity index (χ1n) is 26.1. The summed E-state index contributed by atoms with van der Waals surface area (Å²) in [6.45, 7) is 30.3. The van der Waals surface area contributed by atoms with E-state index in [1.165, 1.54) is 107 Å². The first kappa shape index (κ1) is 45.4. The molecule has 7 aromatic carbocycles. The topological polar surface area (TPSA) is 19.6 Å². The van der Waals surface area contributed by atoms with Gasteiger partial charge in [-0.3, -0.25) is 0 Å². The summed E-state index contributed by atoms with van der Waals surface area (Å²) in [7, 11) is 0. The minimum atomic E-state index is -0.178. The number of anilines is 5. The highest BCUT2D eigenvalue weighted by Crippen LogP contribution is 2.56. The average molecular weight is 927 g/mol. The van der Waals surface area contributed by atoms with Crippen molar-refractivity contribution in [3.8, 4) is 22.3 Å². The third-order valence-corrected chi connectivity index (χ3v) is 17.5. The molecule has 2 aliphatic heterocycles. The zero-order valence-corrected chi connectivity index (χ0v) is 43.8. The molecular weight excluding hydrogens is 860 g/mol. The normalized spacial score (nSPS) is 18.0. The molecule has 8 aromatic rings. The van der Waals surface area contributed by atoms with Gasteiger partial charge in [0, 0.05) is 39.1 Å². The van der Waals surface area contributed by atoms with E-state index in [0.29, 0.717) is 0 Å². The number of fused-ring (bicyclic) bond motifs is 10. The molecule has 0 N–H and O–H groups in total. The van der Waals surface area contributed by atoms with Gasteiger partial charge in [0.25, 0.3) is 0 Å². The predicted octanol–water partition coefficient (Wildman–Crippen LogP) is 17.4. The average Bonchev–Trinajstić information content (AvgIpc) is 3.73. The number of benzene rings is 7. The van der Waals surface area contributed by atoms with Crippen LogP contribution in [0.2, 0.25) is 0 Å². The maximum absolute atomic E-state index is 7.34. The van der Waals surface area contributed by atoms with Gasteiger partial charge in [-0.2, -0.15) is 0 Å². The number of hydrogen-bond donors (Lipinski definition) is 0. The van der Waals surface area contributed by atoms with Crippen molar-refractivity contribution in [2.75, 3.05) is 9.71 Å². The predicted molar refractivity (Wildman–Crippen MR) is 306 cm³/mol. The summed E-state index contributed by atoms with van der Waals surface area (Å²) in [5.74, 6) is 0. The standard InChI is InChI=1S/C67H67BN2O/c1-13-14-16-21-41(2)45-26-28-55-59(37-45)69(57-39-53-51(34-42(57)3)64(5,6)30-32-66(53,9)10)62-61-49(38-50-47-24-19-20-25-60(47)71-63(50)62)48-36-46(44-22-17-15-18-23-44)27-29-56(48)70(68(55)61)58-40-54-52(35-43(58)4)65(7,8)31-33-67(54,11)12/h13-29,34-40H,1,30-33H2,2-12H3/b16-14-,41-21+. The Hall–Kier alpha value is -6.78. The molecule has 0 amide bonds. The second-order valence-electron chi connectivity index (χ2n) is 24.0. The van der Waals surface area contributed by atoms with Crippen LogP contribution >= 0.6 is 0 Å². The van der Waals surface area contributed by atoms with Crippen molar-refractivity contribution >= 4 is 73.7 Å². The lowest BCUT2D eigenvalue weighted by Crippen LogP contribution is -2.62. The largest absolute Gasteiger partial charge is 0.454 e. The number of allylic oxidation sites excluding steroid dienone is 5. The first-order chi connectivity index (χ1) is 33.9. The molecule has 4 heteroatoms. The van der Waals surface area contributed by atoms with Gasteiger partial charge in [0.05, 0.1) is 5.69 Å². The summed E-state index contributed by atoms with van der Waals surface area (Å²) in [4.78, 5) is 5.36. The fourth-order valence-electron chi connectivity index (χ4n) is 13.1. The van der Waals surface area contributed by atoms with Gasteiger partial charge >= 0.3 is 6.85 Å². The Morgan fingerprint density at radius 3 is 1.83 bits per heavy atom. The second kappa shape index (κ2) is 15.9. The molecule has 354 valence electrons.